The Labute approximate surface area is 133 Å². The fraction of sp³-hybridized carbons (Fsp3) is 0.273. The van der Waals surface area contributed by atoms with Crippen molar-refractivity contribution in [3.63, 3.8) is 0 Å². The highest BCUT2D eigenvalue weighted by atomic mass is 14.3. The summed E-state index contributed by atoms with van der Waals surface area (Å²) < 4.78 is 0. The maximum absolute atomic E-state index is 2.44. The third-order valence-electron chi connectivity index (χ3n) is 4.96. The zero-order valence-corrected chi connectivity index (χ0v) is 13.2. The summed E-state index contributed by atoms with van der Waals surface area (Å²) in [6.45, 7) is 2.27. The summed E-state index contributed by atoms with van der Waals surface area (Å²) in [5.74, 6) is 0. The highest BCUT2D eigenvalue weighted by Crippen LogP contribution is 2.42. The maximum Gasteiger partial charge on any atom is -0.000740 e. The molecule has 0 unspecified atom stereocenters. The molecule has 0 heterocycles. The van der Waals surface area contributed by atoms with Gasteiger partial charge in [-0.25, -0.2) is 0 Å². The van der Waals surface area contributed by atoms with Crippen LogP contribution in [0.25, 0.3) is 16.7 Å². The molecule has 0 saturated heterocycles. The summed E-state index contributed by atoms with van der Waals surface area (Å²) in [5.41, 5.74) is 10.4. The molecule has 0 fully saturated rings. The van der Waals surface area contributed by atoms with Crippen LogP contribution < -0.4 is 0 Å². The van der Waals surface area contributed by atoms with Crippen LogP contribution in [-0.4, -0.2) is 0 Å². The number of unbranched alkanes of at least 4 members (excludes halogenated alkanes) is 1. The Morgan fingerprint density at radius 2 is 1.73 bits per heavy atom. The normalized spacial score (nSPS) is 15.3. The van der Waals surface area contributed by atoms with Gasteiger partial charge in [-0.3, -0.25) is 0 Å². The van der Waals surface area contributed by atoms with E-state index in [2.05, 4.69) is 61.5 Å². The van der Waals surface area contributed by atoms with Crippen LogP contribution in [0.3, 0.4) is 0 Å². The van der Waals surface area contributed by atoms with Crippen molar-refractivity contribution in [2.24, 2.45) is 0 Å². The number of hydrogen-bond donors (Lipinski definition) is 0. The first-order valence-corrected chi connectivity index (χ1v) is 8.47. The molecule has 0 aliphatic heterocycles. The van der Waals surface area contributed by atoms with E-state index >= 15 is 0 Å². The summed E-state index contributed by atoms with van der Waals surface area (Å²) in [6.07, 6.45) is 10.9. The largest absolute Gasteiger partial charge is 0.0769 e. The van der Waals surface area contributed by atoms with Gasteiger partial charge in [0.25, 0.3) is 0 Å². The monoisotopic (exact) mass is 286 g/mol. The Morgan fingerprint density at radius 1 is 0.909 bits per heavy atom. The van der Waals surface area contributed by atoms with Gasteiger partial charge in [-0.2, -0.15) is 0 Å². The second kappa shape index (κ2) is 5.61. The molecule has 2 aromatic carbocycles. The van der Waals surface area contributed by atoms with Gasteiger partial charge in [-0.05, 0) is 59.1 Å². The van der Waals surface area contributed by atoms with Crippen LogP contribution in [0.15, 0.2) is 60.2 Å². The van der Waals surface area contributed by atoms with Gasteiger partial charge >= 0.3 is 0 Å². The van der Waals surface area contributed by atoms with E-state index in [1.165, 1.54) is 58.2 Å². The molecule has 22 heavy (non-hydrogen) atoms. The van der Waals surface area contributed by atoms with Crippen molar-refractivity contribution in [3.05, 3.63) is 76.9 Å². The maximum atomic E-state index is 2.44. The Morgan fingerprint density at radius 3 is 2.64 bits per heavy atom. The summed E-state index contributed by atoms with van der Waals surface area (Å²) in [5, 5.41) is 0. The lowest BCUT2D eigenvalue weighted by atomic mass is 9.95. The number of benzene rings is 2. The number of allylic oxidation sites excluding steroid dienone is 4. The second-order valence-electron chi connectivity index (χ2n) is 6.42. The molecule has 0 heteroatoms. The summed E-state index contributed by atoms with van der Waals surface area (Å²) in [7, 11) is 0. The van der Waals surface area contributed by atoms with Gasteiger partial charge in [0.05, 0.1) is 0 Å². The average Bonchev–Trinajstić information content (AvgIpc) is 3.17. The second-order valence-corrected chi connectivity index (χ2v) is 6.42. The number of fused-ring (bicyclic) bond motifs is 3. The van der Waals surface area contributed by atoms with Crippen LogP contribution in [0.4, 0.5) is 0 Å². The van der Waals surface area contributed by atoms with E-state index in [1.807, 2.05) is 0 Å². The highest BCUT2D eigenvalue weighted by molar-refractivity contribution is 5.85. The molecule has 4 rings (SSSR count). The van der Waals surface area contributed by atoms with E-state index < -0.39 is 0 Å². The molecule has 0 nitrogen and oxygen atoms in total. The van der Waals surface area contributed by atoms with Crippen LogP contribution in [0, 0.1) is 0 Å². The van der Waals surface area contributed by atoms with Gasteiger partial charge in [0.2, 0.25) is 0 Å². The molecule has 0 aromatic heterocycles. The smallest absolute Gasteiger partial charge is 0.000740 e. The minimum atomic E-state index is 1.09. The molecule has 2 aromatic rings. The van der Waals surface area contributed by atoms with Crippen LogP contribution in [0.5, 0.6) is 0 Å². The molecule has 110 valence electrons. The third kappa shape index (κ3) is 2.23. The summed E-state index contributed by atoms with van der Waals surface area (Å²) >= 11 is 0. The van der Waals surface area contributed by atoms with Gasteiger partial charge in [0, 0.05) is 0 Å². The van der Waals surface area contributed by atoms with Crippen molar-refractivity contribution in [1.82, 2.24) is 0 Å². The van der Waals surface area contributed by atoms with Crippen molar-refractivity contribution in [2.75, 3.05) is 0 Å². The standard InChI is InChI=1S/C22H22/c1-2-3-7-16-12-13-18(14-16)20-10-6-11-21-19-9-5-4-8-17(19)15-22(20)21/h4-6,8-12,14H,2-3,7,13,15H2,1H3. The van der Waals surface area contributed by atoms with Gasteiger partial charge < -0.3 is 0 Å². The van der Waals surface area contributed by atoms with E-state index in [-0.39, 0.29) is 0 Å². The lowest BCUT2D eigenvalue weighted by Gasteiger charge is -2.09. The predicted molar refractivity (Wildman–Crippen MR) is 94.9 cm³/mol. The molecule has 0 saturated carbocycles. The van der Waals surface area contributed by atoms with Crippen molar-refractivity contribution in [3.8, 4) is 11.1 Å². The third-order valence-corrected chi connectivity index (χ3v) is 4.96. The SMILES string of the molecule is CCCCC1=CCC(c2cccc3c2Cc2ccccc2-3)=C1. The molecule has 0 spiro atoms. The first-order valence-electron chi connectivity index (χ1n) is 8.47. The van der Waals surface area contributed by atoms with E-state index in [9.17, 15) is 0 Å². The lowest BCUT2D eigenvalue weighted by molar-refractivity contribution is 0.798. The molecule has 0 radical (unpaired) electrons. The zero-order valence-electron chi connectivity index (χ0n) is 13.2. The number of rotatable bonds is 4. The Balaban J connectivity index is 1.69. The topological polar surface area (TPSA) is 0 Å². The van der Waals surface area contributed by atoms with Crippen LogP contribution in [-0.2, 0) is 6.42 Å². The Bertz CT molecular complexity index is 774. The molecular weight excluding hydrogens is 264 g/mol. The fourth-order valence-corrected chi connectivity index (χ4v) is 3.78. The molecule has 0 bridgehead atoms. The number of hydrogen-bond acceptors (Lipinski definition) is 0. The first kappa shape index (κ1) is 13.6. The van der Waals surface area contributed by atoms with Crippen molar-refractivity contribution in [2.45, 2.75) is 39.0 Å². The van der Waals surface area contributed by atoms with Crippen molar-refractivity contribution < 1.29 is 0 Å². The minimum absolute atomic E-state index is 1.09. The quantitative estimate of drug-likeness (QED) is 0.538. The minimum Gasteiger partial charge on any atom is -0.0769 e. The molecule has 0 N–H and O–H groups in total. The molecule has 0 amide bonds. The average molecular weight is 286 g/mol. The molecule has 0 atom stereocenters. The van der Waals surface area contributed by atoms with Crippen molar-refractivity contribution >= 4 is 5.57 Å². The lowest BCUT2D eigenvalue weighted by Crippen LogP contribution is -1.90. The summed E-state index contributed by atoms with van der Waals surface area (Å²) in [4.78, 5) is 0. The Hall–Kier alpha value is -2.08. The van der Waals surface area contributed by atoms with Gasteiger partial charge in [-0.15, -0.1) is 0 Å². The van der Waals surface area contributed by atoms with Crippen LogP contribution in [0.1, 0.15) is 49.3 Å². The summed E-state index contributed by atoms with van der Waals surface area (Å²) in [6, 6.07) is 15.7. The van der Waals surface area contributed by atoms with E-state index in [0.29, 0.717) is 0 Å². The van der Waals surface area contributed by atoms with Gasteiger partial charge in [-0.1, -0.05) is 73.5 Å². The fourth-order valence-electron chi connectivity index (χ4n) is 3.78. The first-order chi connectivity index (χ1) is 10.9. The van der Waals surface area contributed by atoms with E-state index in [1.54, 1.807) is 0 Å². The van der Waals surface area contributed by atoms with Gasteiger partial charge in [0.1, 0.15) is 0 Å². The van der Waals surface area contributed by atoms with E-state index in [4.69, 9.17) is 0 Å². The highest BCUT2D eigenvalue weighted by Gasteiger charge is 2.22. The Kier molecular flexibility index (Phi) is 3.46. The molecule has 2 aliphatic carbocycles. The molecular formula is C22H22. The van der Waals surface area contributed by atoms with E-state index in [0.717, 1.165) is 12.8 Å². The zero-order chi connectivity index (χ0) is 14.9. The molecule has 2 aliphatic rings. The van der Waals surface area contributed by atoms with Gasteiger partial charge in [0.15, 0.2) is 0 Å². The predicted octanol–water partition coefficient (Wildman–Crippen LogP) is 6.16. The van der Waals surface area contributed by atoms with Crippen molar-refractivity contribution in [1.29, 1.82) is 0 Å². The van der Waals surface area contributed by atoms with Crippen LogP contribution >= 0.6 is 0 Å². The van der Waals surface area contributed by atoms with Crippen LogP contribution in [0.2, 0.25) is 0 Å².